The van der Waals surface area contributed by atoms with Crippen LogP contribution in [0, 0.1) is 13.8 Å². The first-order valence-corrected chi connectivity index (χ1v) is 10.7. The lowest BCUT2D eigenvalue weighted by Crippen LogP contribution is -2.18. The predicted molar refractivity (Wildman–Crippen MR) is 126 cm³/mol. The van der Waals surface area contributed by atoms with Crippen LogP contribution in [0.15, 0.2) is 51.9 Å². The van der Waals surface area contributed by atoms with Crippen LogP contribution in [0.3, 0.4) is 0 Å². The minimum absolute atomic E-state index is 0.165. The molecule has 0 saturated carbocycles. The molecule has 8 nitrogen and oxygen atoms in total. The van der Waals surface area contributed by atoms with Crippen molar-refractivity contribution in [2.75, 3.05) is 14.2 Å². The molecule has 8 heteroatoms. The zero-order valence-electron chi connectivity index (χ0n) is 18.9. The number of aromatic amines is 1. The molecule has 0 unspecified atom stereocenters. The van der Waals surface area contributed by atoms with Gasteiger partial charge in [-0.25, -0.2) is 4.79 Å². The fraction of sp³-hybridized carbons (Fsp3) is 0.240. The molecule has 0 aliphatic carbocycles. The Bertz CT molecular complexity index is 1510. The topological polar surface area (TPSA) is 95.2 Å². The van der Waals surface area contributed by atoms with Crippen LogP contribution in [0.1, 0.15) is 17.0 Å². The Labute approximate surface area is 189 Å². The van der Waals surface area contributed by atoms with Crippen LogP contribution in [0.5, 0.6) is 11.5 Å². The van der Waals surface area contributed by atoms with E-state index in [0.717, 1.165) is 44.6 Å². The van der Waals surface area contributed by atoms with Gasteiger partial charge in [0.05, 0.1) is 48.2 Å². The third-order valence-electron chi connectivity index (χ3n) is 6.00. The van der Waals surface area contributed by atoms with Gasteiger partial charge < -0.3 is 19.0 Å². The Morgan fingerprint density at radius 2 is 1.88 bits per heavy atom. The monoisotopic (exact) mass is 444 g/mol. The molecule has 0 fully saturated rings. The van der Waals surface area contributed by atoms with E-state index >= 15 is 0 Å². The largest absolute Gasteiger partial charge is 0.497 e. The van der Waals surface area contributed by atoms with E-state index in [1.165, 1.54) is 0 Å². The fourth-order valence-corrected chi connectivity index (χ4v) is 4.35. The van der Waals surface area contributed by atoms with Crippen LogP contribution in [-0.4, -0.2) is 33.9 Å². The minimum Gasteiger partial charge on any atom is -0.497 e. The lowest BCUT2D eigenvalue weighted by molar-refractivity contribution is 0.393. The molecule has 3 aromatic heterocycles. The zero-order chi connectivity index (χ0) is 23.1. The Hall–Kier alpha value is -4.07. The van der Waals surface area contributed by atoms with Gasteiger partial charge in [-0.1, -0.05) is 17.3 Å². The average Bonchev–Trinajstić information content (AvgIpc) is 3.34. The summed E-state index contributed by atoms with van der Waals surface area (Å²) in [5.41, 5.74) is 5.74. The second-order valence-electron chi connectivity index (χ2n) is 7.97. The average molecular weight is 444 g/mol. The van der Waals surface area contributed by atoms with Gasteiger partial charge in [-0.05, 0) is 50.1 Å². The maximum absolute atomic E-state index is 12.8. The van der Waals surface area contributed by atoms with E-state index in [2.05, 4.69) is 15.1 Å². The summed E-state index contributed by atoms with van der Waals surface area (Å²) in [6.07, 6.45) is 2.40. The SMILES string of the molecule is COc1ccc(CCn2c(=O)[nH]c3cnc4cc(-c5c(C)noc5C)c(OC)cc4c32)cc1. The third kappa shape index (κ3) is 3.53. The number of ether oxygens (including phenoxy) is 2. The molecule has 2 aromatic carbocycles. The highest BCUT2D eigenvalue weighted by Crippen LogP contribution is 2.38. The number of imidazole rings is 1. The van der Waals surface area contributed by atoms with Crippen molar-refractivity contribution < 1.29 is 14.0 Å². The van der Waals surface area contributed by atoms with Crippen molar-refractivity contribution in [2.24, 2.45) is 0 Å². The van der Waals surface area contributed by atoms with Crippen LogP contribution >= 0.6 is 0 Å². The summed E-state index contributed by atoms with van der Waals surface area (Å²) >= 11 is 0. The van der Waals surface area contributed by atoms with Gasteiger partial charge in [0.1, 0.15) is 17.3 Å². The van der Waals surface area contributed by atoms with E-state index in [-0.39, 0.29) is 5.69 Å². The van der Waals surface area contributed by atoms with Gasteiger partial charge in [0.2, 0.25) is 0 Å². The molecule has 0 aliphatic rings. The first kappa shape index (κ1) is 20.8. The van der Waals surface area contributed by atoms with Crippen molar-refractivity contribution in [1.29, 1.82) is 0 Å². The maximum Gasteiger partial charge on any atom is 0.326 e. The number of aryl methyl sites for hydroxylation is 4. The number of nitrogens with zero attached hydrogens (tertiary/aromatic N) is 3. The van der Waals surface area contributed by atoms with E-state index in [4.69, 9.17) is 14.0 Å². The lowest BCUT2D eigenvalue weighted by Gasteiger charge is -2.12. The summed E-state index contributed by atoms with van der Waals surface area (Å²) < 4.78 is 18.1. The van der Waals surface area contributed by atoms with E-state index in [9.17, 15) is 4.79 Å². The standard InChI is InChI=1S/C25H24N4O4/c1-14-23(15(2)33-28-14)19-11-20-18(12-22(19)32-4)24-21(13-26-20)27-25(30)29(24)10-9-16-5-7-17(31-3)8-6-16/h5-8,11-13H,9-10H2,1-4H3,(H,27,30). The molecule has 5 aromatic rings. The van der Waals surface area contributed by atoms with Crippen LogP contribution < -0.4 is 15.2 Å². The summed E-state index contributed by atoms with van der Waals surface area (Å²) in [5, 5.41) is 4.91. The maximum atomic E-state index is 12.8. The third-order valence-corrected chi connectivity index (χ3v) is 6.00. The van der Waals surface area contributed by atoms with Crippen molar-refractivity contribution in [3.8, 4) is 22.6 Å². The summed E-state index contributed by atoms with van der Waals surface area (Å²) in [6, 6.07) is 11.8. The number of nitrogens with one attached hydrogen (secondary N) is 1. The minimum atomic E-state index is -0.165. The molecule has 0 aliphatic heterocycles. The van der Waals surface area contributed by atoms with Crippen molar-refractivity contribution >= 4 is 21.9 Å². The molecule has 0 saturated heterocycles. The number of pyridine rings is 1. The molecular formula is C25H24N4O4. The first-order chi connectivity index (χ1) is 16.0. The van der Waals surface area contributed by atoms with Gasteiger partial charge in [-0.15, -0.1) is 0 Å². The van der Waals surface area contributed by atoms with Crippen LogP contribution in [0.25, 0.3) is 33.1 Å². The van der Waals surface area contributed by atoms with Crippen molar-refractivity contribution in [1.82, 2.24) is 19.7 Å². The first-order valence-electron chi connectivity index (χ1n) is 10.7. The molecule has 0 bridgehead atoms. The number of hydrogen-bond donors (Lipinski definition) is 1. The Balaban J connectivity index is 1.63. The number of methoxy groups -OCH3 is 2. The predicted octanol–water partition coefficient (Wildman–Crippen LogP) is 4.41. The van der Waals surface area contributed by atoms with Crippen LogP contribution in [-0.2, 0) is 13.0 Å². The number of aromatic nitrogens is 4. The van der Waals surface area contributed by atoms with Gasteiger partial charge in [0.25, 0.3) is 0 Å². The van der Waals surface area contributed by atoms with E-state index in [0.29, 0.717) is 30.0 Å². The Morgan fingerprint density at radius 1 is 1.09 bits per heavy atom. The number of benzene rings is 2. The lowest BCUT2D eigenvalue weighted by atomic mass is 10.0. The van der Waals surface area contributed by atoms with Crippen LogP contribution in [0.4, 0.5) is 0 Å². The molecule has 1 N–H and O–H groups in total. The van der Waals surface area contributed by atoms with Crippen molar-refractivity contribution in [3.63, 3.8) is 0 Å². The highest BCUT2D eigenvalue weighted by Gasteiger charge is 2.19. The molecule has 0 spiro atoms. The number of H-pyrrole nitrogens is 1. The molecule has 5 rings (SSSR count). The number of hydrogen-bond acceptors (Lipinski definition) is 6. The fourth-order valence-electron chi connectivity index (χ4n) is 4.35. The molecular weight excluding hydrogens is 420 g/mol. The smallest absolute Gasteiger partial charge is 0.326 e. The number of rotatable bonds is 6. The quantitative estimate of drug-likeness (QED) is 0.417. The second-order valence-corrected chi connectivity index (χ2v) is 7.97. The van der Waals surface area contributed by atoms with Crippen LogP contribution in [0.2, 0.25) is 0 Å². The second kappa shape index (κ2) is 8.12. The molecule has 0 atom stereocenters. The summed E-state index contributed by atoms with van der Waals surface area (Å²) in [7, 11) is 3.27. The van der Waals surface area contributed by atoms with Gasteiger partial charge in [-0.2, -0.15) is 0 Å². The highest BCUT2D eigenvalue weighted by atomic mass is 16.5. The molecule has 168 valence electrons. The van der Waals surface area contributed by atoms with Gasteiger partial charge in [-0.3, -0.25) is 9.55 Å². The molecule has 33 heavy (non-hydrogen) atoms. The molecule has 3 heterocycles. The highest BCUT2D eigenvalue weighted by molar-refractivity contribution is 6.04. The van der Waals surface area contributed by atoms with E-state index in [1.807, 2.05) is 50.2 Å². The summed E-state index contributed by atoms with van der Waals surface area (Å²) in [6.45, 7) is 4.30. The Morgan fingerprint density at radius 3 is 2.55 bits per heavy atom. The van der Waals surface area contributed by atoms with E-state index < -0.39 is 0 Å². The molecule has 0 radical (unpaired) electrons. The zero-order valence-corrected chi connectivity index (χ0v) is 18.9. The summed E-state index contributed by atoms with van der Waals surface area (Å²) in [4.78, 5) is 20.3. The number of fused-ring (bicyclic) bond motifs is 3. The van der Waals surface area contributed by atoms with Crippen molar-refractivity contribution in [2.45, 2.75) is 26.8 Å². The van der Waals surface area contributed by atoms with Gasteiger partial charge >= 0.3 is 5.69 Å². The molecule has 0 amide bonds. The van der Waals surface area contributed by atoms with Gasteiger partial charge in [0.15, 0.2) is 0 Å². The normalized spacial score (nSPS) is 11.4. The van der Waals surface area contributed by atoms with E-state index in [1.54, 1.807) is 25.0 Å². The van der Waals surface area contributed by atoms with Crippen molar-refractivity contribution in [3.05, 3.63) is 70.1 Å². The summed E-state index contributed by atoms with van der Waals surface area (Å²) in [5.74, 6) is 2.19. The Kier molecular flexibility index (Phi) is 5.12. The van der Waals surface area contributed by atoms with Gasteiger partial charge in [0, 0.05) is 17.5 Å².